The third-order valence-corrected chi connectivity index (χ3v) is 4.98. The van der Waals surface area contributed by atoms with Crippen molar-refractivity contribution >= 4 is 11.9 Å². The van der Waals surface area contributed by atoms with Crippen LogP contribution in [0.2, 0.25) is 0 Å². The Hall–Kier alpha value is -4.20. The second-order valence-corrected chi connectivity index (χ2v) is 7.37. The smallest absolute Gasteiger partial charge is 0.342 e. The summed E-state index contributed by atoms with van der Waals surface area (Å²) in [7, 11) is 3.14. The third kappa shape index (κ3) is 7.96. The third-order valence-electron chi connectivity index (χ3n) is 4.98. The first-order chi connectivity index (χ1) is 17.1. The van der Waals surface area contributed by atoms with Crippen LogP contribution in [0.25, 0.3) is 0 Å². The van der Waals surface area contributed by atoms with Crippen LogP contribution in [0.3, 0.4) is 0 Å². The highest BCUT2D eigenvalue weighted by atomic mass is 16.5. The van der Waals surface area contributed by atoms with Gasteiger partial charge in [-0.2, -0.15) is 0 Å². The van der Waals surface area contributed by atoms with Gasteiger partial charge in [0.25, 0.3) is 5.91 Å². The maximum absolute atomic E-state index is 12.5. The van der Waals surface area contributed by atoms with Gasteiger partial charge in [-0.1, -0.05) is 36.4 Å². The molecule has 0 saturated carbocycles. The number of esters is 1. The van der Waals surface area contributed by atoms with Gasteiger partial charge >= 0.3 is 5.97 Å². The molecule has 0 bridgehead atoms. The Morgan fingerprint density at radius 2 is 1.49 bits per heavy atom. The molecule has 3 aromatic carbocycles. The minimum absolute atomic E-state index is 0.241. The van der Waals surface area contributed by atoms with Crippen molar-refractivity contribution in [1.82, 2.24) is 5.32 Å². The van der Waals surface area contributed by atoms with Gasteiger partial charge in [-0.15, -0.1) is 0 Å². The van der Waals surface area contributed by atoms with Gasteiger partial charge in [-0.25, -0.2) is 4.79 Å². The van der Waals surface area contributed by atoms with Crippen molar-refractivity contribution < 1.29 is 33.3 Å². The molecule has 8 heteroatoms. The summed E-state index contributed by atoms with van der Waals surface area (Å²) in [5.74, 6) is 1.33. The number of methoxy groups -OCH3 is 2. The number of benzene rings is 3. The fourth-order valence-electron chi connectivity index (χ4n) is 3.23. The average molecular weight is 480 g/mol. The molecule has 0 unspecified atom stereocenters. The zero-order valence-electron chi connectivity index (χ0n) is 19.8. The summed E-state index contributed by atoms with van der Waals surface area (Å²) in [5.41, 5.74) is 1.22. The van der Waals surface area contributed by atoms with Crippen LogP contribution < -0.4 is 24.3 Å². The normalized spacial score (nSPS) is 10.2. The van der Waals surface area contributed by atoms with Gasteiger partial charge < -0.3 is 29.0 Å². The van der Waals surface area contributed by atoms with E-state index in [1.807, 2.05) is 48.5 Å². The van der Waals surface area contributed by atoms with Crippen molar-refractivity contribution in [3.8, 4) is 23.0 Å². The van der Waals surface area contributed by atoms with Gasteiger partial charge in [0.15, 0.2) is 18.1 Å². The van der Waals surface area contributed by atoms with E-state index in [0.29, 0.717) is 36.8 Å². The number of para-hydroxylation sites is 2. The van der Waals surface area contributed by atoms with Crippen LogP contribution in [-0.4, -0.2) is 52.5 Å². The van der Waals surface area contributed by atoms with Crippen molar-refractivity contribution in [2.45, 2.75) is 6.42 Å². The van der Waals surface area contributed by atoms with E-state index in [1.54, 1.807) is 38.5 Å². The molecular weight excluding hydrogens is 450 g/mol. The molecule has 0 saturated heterocycles. The first-order valence-electron chi connectivity index (χ1n) is 11.1. The summed E-state index contributed by atoms with van der Waals surface area (Å²) < 4.78 is 27.0. The molecular formula is C27H29NO7. The van der Waals surface area contributed by atoms with Gasteiger partial charge in [0.2, 0.25) is 0 Å². The lowest BCUT2D eigenvalue weighted by Crippen LogP contribution is -2.30. The van der Waals surface area contributed by atoms with Crippen molar-refractivity contribution in [1.29, 1.82) is 0 Å². The van der Waals surface area contributed by atoms with E-state index in [4.69, 9.17) is 23.7 Å². The molecule has 35 heavy (non-hydrogen) atoms. The first kappa shape index (κ1) is 25.4. The molecule has 0 aliphatic heterocycles. The van der Waals surface area contributed by atoms with Crippen molar-refractivity contribution in [3.63, 3.8) is 0 Å². The lowest BCUT2D eigenvalue weighted by atomic mass is 10.1. The molecule has 0 aliphatic carbocycles. The van der Waals surface area contributed by atoms with Gasteiger partial charge in [-0.3, -0.25) is 4.79 Å². The minimum atomic E-state index is -0.639. The Balaban J connectivity index is 1.41. The highest BCUT2D eigenvalue weighted by Gasteiger charge is 2.15. The molecule has 0 radical (unpaired) electrons. The van der Waals surface area contributed by atoms with Gasteiger partial charge in [-0.05, 0) is 48.4 Å². The average Bonchev–Trinajstić information content (AvgIpc) is 2.90. The molecule has 1 N–H and O–H groups in total. The fraction of sp³-hybridized carbons (Fsp3) is 0.259. The van der Waals surface area contributed by atoms with E-state index in [-0.39, 0.29) is 12.2 Å². The summed E-state index contributed by atoms with van der Waals surface area (Å²) in [4.78, 5) is 24.7. The van der Waals surface area contributed by atoms with E-state index in [1.165, 1.54) is 0 Å². The molecule has 0 aromatic heterocycles. The lowest BCUT2D eigenvalue weighted by molar-refractivity contribution is -0.124. The Kier molecular flexibility index (Phi) is 9.80. The molecule has 0 fully saturated rings. The maximum atomic E-state index is 12.5. The Bertz CT molecular complexity index is 1100. The monoisotopic (exact) mass is 479 g/mol. The highest BCUT2D eigenvalue weighted by molar-refractivity contribution is 5.94. The molecule has 3 aromatic rings. The van der Waals surface area contributed by atoms with Crippen molar-refractivity contribution in [2.75, 3.05) is 40.6 Å². The van der Waals surface area contributed by atoms with Crippen LogP contribution in [0.15, 0.2) is 72.8 Å². The second kappa shape index (κ2) is 13.5. The summed E-state index contributed by atoms with van der Waals surface area (Å²) in [5, 5.41) is 2.74. The van der Waals surface area contributed by atoms with Crippen LogP contribution >= 0.6 is 0 Å². The van der Waals surface area contributed by atoms with E-state index >= 15 is 0 Å². The summed E-state index contributed by atoms with van der Waals surface area (Å²) in [6, 6.07) is 21.7. The van der Waals surface area contributed by atoms with Crippen molar-refractivity contribution in [3.05, 3.63) is 83.9 Å². The maximum Gasteiger partial charge on any atom is 0.342 e. The fourth-order valence-corrected chi connectivity index (χ4v) is 3.23. The number of rotatable bonds is 13. The molecule has 3 rings (SSSR count). The molecule has 1 amide bonds. The summed E-state index contributed by atoms with van der Waals surface area (Å²) in [6.07, 6.45) is 0.585. The van der Waals surface area contributed by atoms with Gasteiger partial charge in [0, 0.05) is 6.54 Å². The predicted octanol–water partition coefficient (Wildman–Crippen LogP) is 3.68. The number of amides is 1. The van der Waals surface area contributed by atoms with Crippen LogP contribution in [0, 0.1) is 0 Å². The standard InChI is InChI=1S/C27H29NO7/c1-31-24-13-12-20(18-25(24)32-2)14-15-28-26(29)19-35-27(30)22-10-6-7-11-23(22)34-17-16-33-21-8-4-3-5-9-21/h3-13,18H,14-17,19H2,1-2H3,(H,28,29). The van der Waals surface area contributed by atoms with Gasteiger partial charge in [0.05, 0.1) is 14.2 Å². The molecule has 0 heterocycles. The Morgan fingerprint density at radius 1 is 0.771 bits per heavy atom. The molecule has 0 aliphatic rings. The molecule has 0 atom stereocenters. The summed E-state index contributed by atoms with van der Waals surface area (Å²) >= 11 is 0. The Labute approximate surface area is 204 Å². The summed E-state index contributed by atoms with van der Waals surface area (Å²) in [6.45, 7) is 0.550. The Morgan fingerprint density at radius 3 is 2.26 bits per heavy atom. The second-order valence-electron chi connectivity index (χ2n) is 7.37. The SMILES string of the molecule is COc1ccc(CCNC(=O)COC(=O)c2ccccc2OCCOc2ccccc2)cc1OC. The first-order valence-corrected chi connectivity index (χ1v) is 11.1. The predicted molar refractivity (Wildman–Crippen MR) is 130 cm³/mol. The molecule has 0 spiro atoms. The van der Waals surface area contributed by atoms with E-state index in [0.717, 1.165) is 11.3 Å². The topological polar surface area (TPSA) is 92.3 Å². The number of ether oxygens (including phenoxy) is 5. The van der Waals surface area contributed by atoms with Crippen LogP contribution in [0.1, 0.15) is 15.9 Å². The van der Waals surface area contributed by atoms with Crippen molar-refractivity contribution in [2.24, 2.45) is 0 Å². The van der Waals surface area contributed by atoms with E-state index in [2.05, 4.69) is 5.32 Å². The van der Waals surface area contributed by atoms with Crippen LogP contribution in [0.4, 0.5) is 0 Å². The largest absolute Gasteiger partial charge is 0.493 e. The van der Waals surface area contributed by atoms with Gasteiger partial charge in [0.1, 0.15) is 30.3 Å². The van der Waals surface area contributed by atoms with E-state index < -0.39 is 18.5 Å². The number of hydrogen-bond donors (Lipinski definition) is 1. The number of hydrogen-bond acceptors (Lipinski definition) is 7. The quantitative estimate of drug-likeness (QED) is 0.295. The number of nitrogens with one attached hydrogen (secondary N) is 1. The van der Waals surface area contributed by atoms with Crippen LogP contribution in [0.5, 0.6) is 23.0 Å². The highest BCUT2D eigenvalue weighted by Crippen LogP contribution is 2.27. The van der Waals surface area contributed by atoms with E-state index in [9.17, 15) is 9.59 Å². The lowest BCUT2D eigenvalue weighted by Gasteiger charge is -2.12. The molecule has 8 nitrogen and oxygen atoms in total. The zero-order chi connectivity index (χ0) is 24.9. The zero-order valence-corrected chi connectivity index (χ0v) is 19.8. The minimum Gasteiger partial charge on any atom is -0.493 e. The van der Waals surface area contributed by atoms with Crippen LogP contribution in [-0.2, 0) is 16.0 Å². The number of carbonyl (C=O) groups excluding carboxylic acids is 2. The number of carbonyl (C=O) groups is 2. The molecule has 184 valence electrons.